The largest absolute Gasteiger partial charge is 0.493 e. The van der Waals surface area contributed by atoms with Crippen molar-refractivity contribution < 1.29 is 28.5 Å². The van der Waals surface area contributed by atoms with Crippen molar-refractivity contribution >= 4 is 29.6 Å². The summed E-state index contributed by atoms with van der Waals surface area (Å²) in [4.78, 5) is 24.2. The Morgan fingerprint density at radius 2 is 1.81 bits per heavy atom. The van der Waals surface area contributed by atoms with Gasteiger partial charge in [0.25, 0.3) is 11.8 Å². The Morgan fingerprint density at radius 3 is 2.47 bits per heavy atom. The van der Waals surface area contributed by atoms with Gasteiger partial charge in [-0.3, -0.25) is 9.59 Å². The van der Waals surface area contributed by atoms with E-state index in [2.05, 4.69) is 21.8 Å². The van der Waals surface area contributed by atoms with Crippen LogP contribution in [0.2, 0.25) is 5.02 Å². The van der Waals surface area contributed by atoms with Crippen LogP contribution in [0.15, 0.2) is 35.4 Å². The highest BCUT2D eigenvalue weighted by Gasteiger charge is 2.13. The minimum Gasteiger partial charge on any atom is -0.493 e. The van der Waals surface area contributed by atoms with Crippen LogP contribution in [0.5, 0.6) is 23.0 Å². The molecule has 0 atom stereocenters. The lowest BCUT2D eigenvalue weighted by molar-refractivity contribution is -0.120. The number of hydrogen-bond donors (Lipinski definition) is 2. The second-order valence-electron chi connectivity index (χ2n) is 6.07. The van der Waals surface area contributed by atoms with Crippen LogP contribution in [0.3, 0.4) is 0 Å². The predicted molar refractivity (Wildman–Crippen MR) is 120 cm³/mol. The van der Waals surface area contributed by atoms with Crippen molar-refractivity contribution in [1.82, 2.24) is 10.7 Å². The average molecular weight is 460 g/mol. The van der Waals surface area contributed by atoms with E-state index in [-0.39, 0.29) is 18.2 Å². The zero-order valence-electron chi connectivity index (χ0n) is 17.7. The molecule has 2 rings (SSSR count). The van der Waals surface area contributed by atoms with Gasteiger partial charge in [0.15, 0.2) is 23.0 Å². The summed E-state index contributed by atoms with van der Waals surface area (Å²) in [6.07, 6.45) is 6.55. The van der Waals surface area contributed by atoms with Gasteiger partial charge in [-0.05, 0) is 35.9 Å². The number of nitrogens with one attached hydrogen (secondary N) is 2. The number of ether oxygens (including phenoxy) is 4. The Kier molecular flexibility index (Phi) is 9.20. The molecule has 10 heteroatoms. The number of methoxy groups -OCH3 is 3. The van der Waals surface area contributed by atoms with Gasteiger partial charge >= 0.3 is 0 Å². The second kappa shape index (κ2) is 12.1. The van der Waals surface area contributed by atoms with Crippen LogP contribution in [0, 0.1) is 12.3 Å². The van der Waals surface area contributed by atoms with Crippen molar-refractivity contribution in [3.8, 4) is 35.3 Å². The number of amides is 2. The van der Waals surface area contributed by atoms with E-state index in [0.29, 0.717) is 34.1 Å². The number of terminal acetylenes is 1. The quantitative estimate of drug-likeness (QED) is 0.320. The van der Waals surface area contributed by atoms with E-state index in [1.165, 1.54) is 33.6 Å². The smallest absolute Gasteiger partial charge is 0.259 e. The van der Waals surface area contributed by atoms with Crippen molar-refractivity contribution in [1.29, 1.82) is 0 Å². The summed E-state index contributed by atoms with van der Waals surface area (Å²) < 4.78 is 20.9. The van der Waals surface area contributed by atoms with E-state index in [4.69, 9.17) is 37.0 Å². The Hall–Kier alpha value is -3.90. The highest BCUT2D eigenvalue weighted by Crippen LogP contribution is 2.36. The Balaban J connectivity index is 1.93. The van der Waals surface area contributed by atoms with Crippen molar-refractivity contribution in [2.24, 2.45) is 5.10 Å². The fourth-order valence-corrected chi connectivity index (χ4v) is 2.80. The predicted octanol–water partition coefficient (Wildman–Crippen LogP) is 2.26. The molecule has 2 aromatic rings. The van der Waals surface area contributed by atoms with Gasteiger partial charge < -0.3 is 24.3 Å². The minimum absolute atomic E-state index is 0.0363. The van der Waals surface area contributed by atoms with Gasteiger partial charge in [-0.1, -0.05) is 17.5 Å². The van der Waals surface area contributed by atoms with Gasteiger partial charge in [0.05, 0.1) is 39.1 Å². The summed E-state index contributed by atoms with van der Waals surface area (Å²) in [5.41, 5.74) is 3.18. The van der Waals surface area contributed by atoms with Crippen molar-refractivity contribution in [3.05, 3.63) is 46.5 Å². The molecule has 0 unspecified atom stereocenters. The number of nitrogens with zero attached hydrogens (tertiary/aromatic N) is 1. The molecule has 0 aliphatic heterocycles. The first-order valence-electron chi connectivity index (χ1n) is 9.19. The third kappa shape index (κ3) is 6.55. The van der Waals surface area contributed by atoms with Crippen LogP contribution < -0.4 is 29.7 Å². The fraction of sp³-hybridized carbons (Fsp3) is 0.227. The van der Waals surface area contributed by atoms with Gasteiger partial charge in [0.1, 0.15) is 6.61 Å². The van der Waals surface area contributed by atoms with Gasteiger partial charge in [0.2, 0.25) is 0 Å². The van der Waals surface area contributed by atoms with Gasteiger partial charge in [-0.15, -0.1) is 6.42 Å². The lowest BCUT2D eigenvalue weighted by Crippen LogP contribution is -2.34. The molecule has 0 bridgehead atoms. The molecule has 0 aliphatic rings. The molecular weight excluding hydrogens is 438 g/mol. The molecule has 168 valence electrons. The van der Waals surface area contributed by atoms with E-state index in [0.717, 1.165) is 0 Å². The molecule has 2 aromatic carbocycles. The normalized spacial score (nSPS) is 10.2. The lowest BCUT2D eigenvalue weighted by atomic mass is 10.2. The third-order valence-electron chi connectivity index (χ3n) is 4.01. The number of benzene rings is 2. The van der Waals surface area contributed by atoms with E-state index < -0.39 is 11.8 Å². The zero-order chi connectivity index (χ0) is 23.5. The van der Waals surface area contributed by atoms with Crippen molar-refractivity contribution in [3.63, 3.8) is 0 Å². The van der Waals surface area contributed by atoms with E-state index >= 15 is 0 Å². The van der Waals surface area contributed by atoms with E-state index in [9.17, 15) is 9.59 Å². The van der Waals surface area contributed by atoms with Crippen molar-refractivity contribution in [2.75, 3.05) is 34.5 Å². The second-order valence-corrected chi connectivity index (χ2v) is 6.48. The molecule has 2 amide bonds. The molecule has 0 spiro atoms. The van der Waals surface area contributed by atoms with E-state index in [1.54, 1.807) is 24.3 Å². The molecule has 32 heavy (non-hydrogen) atoms. The number of hydrogen-bond acceptors (Lipinski definition) is 7. The molecule has 0 fully saturated rings. The first-order valence-corrected chi connectivity index (χ1v) is 9.57. The summed E-state index contributed by atoms with van der Waals surface area (Å²) in [6.45, 7) is -0.248. The third-order valence-corrected chi connectivity index (χ3v) is 4.29. The summed E-state index contributed by atoms with van der Waals surface area (Å²) in [6, 6.07) is 7.86. The fourth-order valence-electron chi connectivity index (χ4n) is 2.53. The summed E-state index contributed by atoms with van der Waals surface area (Å²) in [5.74, 6) is 2.93. The number of rotatable bonds is 10. The topological polar surface area (TPSA) is 107 Å². The highest BCUT2D eigenvalue weighted by atomic mass is 35.5. The first kappa shape index (κ1) is 24.4. The van der Waals surface area contributed by atoms with Crippen LogP contribution in [0.1, 0.15) is 15.9 Å². The highest BCUT2D eigenvalue weighted by molar-refractivity contribution is 6.32. The van der Waals surface area contributed by atoms with Gasteiger partial charge in [-0.2, -0.15) is 5.10 Å². The molecule has 0 aromatic heterocycles. The van der Waals surface area contributed by atoms with Crippen LogP contribution in [-0.4, -0.2) is 52.5 Å². The number of carbonyl (C=O) groups excluding carboxylic acids is 2. The number of halogens is 1. The Morgan fingerprint density at radius 1 is 1.09 bits per heavy atom. The SMILES string of the molecule is C#CCOc1c(Cl)cc(/C=N\NC(=O)CNC(=O)c2ccc(OC)c(OC)c2)cc1OC. The summed E-state index contributed by atoms with van der Waals surface area (Å²) in [5, 5.41) is 6.62. The van der Waals surface area contributed by atoms with Gasteiger partial charge in [0, 0.05) is 5.56 Å². The molecule has 0 saturated heterocycles. The zero-order valence-corrected chi connectivity index (χ0v) is 18.5. The molecule has 9 nitrogen and oxygen atoms in total. The standard InChI is InChI=1S/C22H22ClN3O6/c1-5-8-32-21-16(23)9-14(10-19(21)31-4)12-25-26-20(27)13-24-22(28)15-6-7-17(29-2)18(11-15)30-3/h1,6-7,9-12H,8,13H2,2-4H3,(H,24,28)(H,26,27)/b25-12-. The van der Waals surface area contributed by atoms with Crippen molar-refractivity contribution in [2.45, 2.75) is 0 Å². The van der Waals surface area contributed by atoms with Crippen LogP contribution in [-0.2, 0) is 4.79 Å². The number of hydrazone groups is 1. The maximum absolute atomic E-state index is 12.2. The molecule has 0 radical (unpaired) electrons. The molecule has 0 aliphatic carbocycles. The van der Waals surface area contributed by atoms with E-state index in [1.807, 2.05) is 0 Å². The number of carbonyl (C=O) groups is 2. The maximum Gasteiger partial charge on any atom is 0.259 e. The minimum atomic E-state index is -0.526. The van der Waals surface area contributed by atoms with Crippen LogP contribution in [0.4, 0.5) is 0 Å². The Bertz CT molecular complexity index is 1050. The maximum atomic E-state index is 12.2. The summed E-state index contributed by atoms with van der Waals surface area (Å²) >= 11 is 6.19. The average Bonchev–Trinajstić information content (AvgIpc) is 2.80. The molecule has 0 saturated carbocycles. The molecule has 0 heterocycles. The lowest BCUT2D eigenvalue weighted by Gasteiger charge is -2.11. The summed E-state index contributed by atoms with van der Waals surface area (Å²) in [7, 11) is 4.41. The Labute approximate surface area is 190 Å². The van der Waals surface area contributed by atoms with Crippen LogP contribution >= 0.6 is 11.6 Å². The van der Waals surface area contributed by atoms with Crippen LogP contribution in [0.25, 0.3) is 0 Å². The monoisotopic (exact) mass is 459 g/mol. The molecule has 2 N–H and O–H groups in total. The van der Waals surface area contributed by atoms with Gasteiger partial charge in [-0.25, -0.2) is 5.43 Å². The molecular formula is C22H22ClN3O6. The first-order chi connectivity index (χ1) is 15.4.